The molecule has 84 valence electrons. The van der Waals surface area contributed by atoms with Gasteiger partial charge in [0.25, 0.3) is 0 Å². The minimum absolute atomic E-state index is 0.443. The van der Waals surface area contributed by atoms with Crippen LogP contribution in [-0.2, 0) is 13.0 Å². The third kappa shape index (κ3) is 2.44. The average molecular weight is 217 g/mol. The molecule has 0 bridgehead atoms. The molecule has 0 aliphatic heterocycles. The highest BCUT2D eigenvalue weighted by atomic mass is 16.5. The second-order valence-corrected chi connectivity index (χ2v) is 3.60. The van der Waals surface area contributed by atoms with Crippen LogP contribution in [0.3, 0.4) is 0 Å². The molecule has 0 aliphatic rings. The van der Waals surface area contributed by atoms with Gasteiger partial charge in [-0.2, -0.15) is 0 Å². The third-order valence-electron chi connectivity index (χ3n) is 2.43. The van der Waals surface area contributed by atoms with Crippen LogP contribution in [0.4, 0.5) is 0 Å². The van der Waals surface area contributed by atoms with Crippen molar-refractivity contribution in [3.05, 3.63) is 53.5 Å². The monoisotopic (exact) mass is 217 g/mol. The van der Waals surface area contributed by atoms with Crippen LogP contribution in [0.5, 0.6) is 5.75 Å². The molecule has 0 radical (unpaired) electrons. The maximum atomic E-state index is 5.54. The molecule has 0 atom stereocenters. The maximum absolute atomic E-state index is 5.54. The summed E-state index contributed by atoms with van der Waals surface area (Å²) in [4.78, 5) is 0. The lowest BCUT2D eigenvalue weighted by atomic mass is 10.1. The molecular formula is C13H15NO2. The number of nitrogens with two attached hydrogens (primary N) is 1. The molecule has 1 aromatic heterocycles. The van der Waals surface area contributed by atoms with Crippen LogP contribution in [0.2, 0.25) is 0 Å². The molecule has 0 saturated carbocycles. The van der Waals surface area contributed by atoms with E-state index in [1.54, 1.807) is 7.11 Å². The van der Waals surface area contributed by atoms with Crippen LogP contribution in [0.1, 0.15) is 17.1 Å². The normalized spacial score (nSPS) is 10.4. The summed E-state index contributed by atoms with van der Waals surface area (Å²) in [5, 5.41) is 0. The molecule has 2 aromatic rings. The van der Waals surface area contributed by atoms with E-state index >= 15 is 0 Å². The second-order valence-electron chi connectivity index (χ2n) is 3.60. The van der Waals surface area contributed by atoms with Crippen LogP contribution in [0.25, 0.3) is 0 Å². The van der Waals surface area contributed by atoms with Crippen molar-refractivity contribution in [2.45, 2.75) is 13.0 Å². The van der Waals surface area contributed by atoms with E-state index in [9.17, 15) is 0 Å². The van der Waals surface area contributed by atoms with Crippen LogP contribution in [-0.4, -0.2) is 7.11 Å². The highest BCUT2D eigenvalue weighted by molar-refractivity contribution is 5.30. The Labute approximate surface area is 94.8 Å². The van der Waals surface area contributed by atoms with E-state index in [1.165, 1.54) is 0 Å². The van der Waals surface area contributed by atoms with Gasteiger partial charge in [0.2, 0.25) is 0 Å². The molecule has 3 heteroatoms. The zero-order valence-corrected chi connectivity index (χ0v) is 9.27. The number of furan rings is 1. The topological polar surface area (TPSA) is 48.4 Å². The SMILES string of the molecule is COc1cccc(Cc2ccc(CN)o2)c1. The van der Waals surface area contributed by atoms with Crippen molar-refractivity contribution in [1.82, 2.24) is 0 Å². The predicted molar refractivity (Wildman–Crippen MR) is 62.4 cm³/mol. The van der Waals surface area contributed by atoms with E-state index in [2.05, 4.69) is 0 Å². The summed E-state index contributed by atoms with van der Waals surface area (Å²) >= 11 is 0. The van der Waals surface area contributed by atoms with E-state index < -0.39 is 0 Å². The minimum Gasteiger partial charge on any atom is -0.497 e. The zero-order chi connectivity index (χ0) is 11.4. The molecule has 1 heterocycles. The Hall–Kier alpha value is -1.74. The second kappa shape index (κ2) is 4.86. The lowest BCUT2D eigenvalue weighted by molar-refractivity contribution is 0.414. The lowest BCUT2D eigenvalue weighted by Crippen LogP contribution is -1.93. The molecule has 2 N–H and O–H groups in total. The summed E-state index contributed by atoms with van der Waals surface area (Å²) in [6.07, 6.45) is 0.761. The molecule has 0 unspecified atom stereocenters. The Morgan fingerprint density at radius 2 is 2.00 bits per heavy atom. The number of methoxy groups -OCH3 is 1. The Balaban J connectivity index is 2.13. The molecule has 16 heavy (non-hydrogen) atoms. The first-order valence-electron chi connectivity index (χ1n) is 5.22. The molecule has 0 amide bonds. The molecule has 0 fully saturated rings. The summed E-state index contributed by atoms with van der Waals surface area (Å²) in [7, 11) is 1.67. The molecule has 0 spiro atoms. The Bertz CT molecular complexity index is 462. The van der Waals surface area contributed by atoms with Gasteiger partial charge in [0.1, 0.15) is 17.3 Å². The molecular weight excluding hydrogens is 202 g/mol. The lowest BCUT2D eigenvalue weighted by Gasteiger charge is -2.02. The number of hydrogen-bond acceptors (Lipinski definition) is 3. The molecule has 0 saturated heterocycles. The third-order valence-corrected chi connectivity index (χ3v) is 2.43. The summed E-state index contributed by atoms with van der Waals surface area (Å²) in [5.74, 6) is 2.61. The van der Waals surface area contributed by atoms with Gasteiger partial charge in [-0.3, -0.25) is 0 Å². The summed E-state index contributed by atoms with van der Waals surface area (Å²) in [6, 6.07) is 11.8. The van der Waals surface area contributed by atoms with E-state index in [1.807, 2.05) is 36.4 Å². The van der Waals surface area contributed by atoms with E-state index in [0.717, 1.165) is 29.3 Å². The van der Waals surface area contributed by atoms with Gasteiger partial charge < -0.3 is 14.9 Å². The molecule has 3 nitrogen and oxygen atoms in total. The number of rotatable bonds is 4. The van der Waals surface area contributed by atoms with Gasteiger partial charge in [-0.1, -0.05) is 12.1 Å². The fourth-order valence-electron chi connectivity index (χ4n) is 1.61. The summed E-state index contributed by atoms with van der Waals surface area (Å²) in [5.41, 5.74) is 6.65. The quantitative estimate of drug-likeness (QED) is 0.855. The number of ether oxygens (including phenoxy) is 1. The molecule has 1 aromatic carbocycles. The van der Waals surface area contributed by atoms with Crippen LogP contribution in [0, 0.1) is 0 Å². The van der Waals surface area contributed by atoms with E-state index in [4.69, 9.17) is 14.9 Å². The van der Waals surface area contributed by atoms with E-state index in [-0.39, 0.29) is 0 Å². The first-order valence-corrected chi connectivity index (χ1v) is 5.22. The van der Waals surface area contributed by atoms with Crippen molar-refractivity contribution >= 4 is 0 Å². The van der Waals surface area contributed by atoms with Crippen molar-refractivity contribution in [3.63, 3.8) is 0 Å². The average Bonchev–Trinajstić information content (AvgIpc) is 2.77. The first-order chi connectivity index (χ1) is 7.81. The summed E-state index contributed by atoms with van der Waals surface area (Å²) in [6.45, 7) is 0.443. The van der Waals surface area contributed by atoms with Crippen LogP contribution >= 0.6 is 0 Å². The van der Waals surface area contributed by atoms with Crippen molar-refractivity contribution < 1.29 is 9.15 Å². The summed E-state index contributed by atoms with van der Waals surface area (Å²) < 4.78 is 10.7. The van der Waals surface area contributed by atoms with Crippen molar-refractivity contribution in [1.29, 1.82) is 0 Å². The zero-order valence-electron chi connectivity index (χ0n) is 9.27. The van der Waals surface area contributed by atoms with Crippen molar-refractivity contribution in [2.75, 3.05) is 7.11 Å². The van der Waals surface area contributed by atoms with Crippen LogP contribution in [0.15, 0.2) is 40.8 Å². The Morgan fingerprint density at radius 3 is 2.69 bits per heavy atom. The fraction of sp³-hybridized carbons (Fsp3) is 0.231. The molecule has 0 aliphatic carbocycles. The standard InChI is InChI=1S/C13H15NO2/c1-15-11-4-2-3-10(7-11)8-12-5-6-13(9-14)16-12/h2-7H,8-9,14H2,1H3. The van der Waals surface area contributed by atoms with Crippen molar-refractivity contribution in [3.8, 4) is 5.75 Å². The van der Waals surface area contributed by atoms with Crippen molar-refractivity contribution in [2.24, 2.45) is 5.73 Å². The number of benzene rings is 1. The first kappa shape index (κ1) is 10.8. The van der Waals surface area contributed by atoms with Gasteiger partial charge in [-0.05, 0) is 29.8 Å². The van der Waals surface area contributed by atoms with Gasteiger partial charge in [0, 0.05) is 6.42 Å². The highest BCUT2D eigenvalue weighted by Gasteiger charge is 2.03. The highest BCUT2D eigenvalue weighted by Crippen LogP contribution is 2.17. The smallest absolute Gasteiger partial charge is 0.119 e. The van der Waals surface area contributed by atoms with Gasteiger partial charge in [0.15, 0.2) is 0 Å². The fourth-order valence-corrected chi connectivity index (χ4v) is 1.61. The van der Waals surface area contributed by atoms with Gasteiger partial charge in [-0.15, -0.1) is 0 Å². The van der Waals surface area contributed by atoms with Gasteiger partial charge >= 0.3 is 0 Å². The largest absolute Gasteiger partial charge is 0.497 e. The van der Waals surface area contributed by atoms with Gasteiger partial charge in [0.05, 0.1) is 13.7 Å². The number of hydrogen-bond donors (Lipinski definition) is 1. The minimum atomic E-state index is 0.443. The Morgan fingerprint density at radius 1 is 1.19 bits per heavy atom. The predicted octanol–water partition coefficient (Wildman–Crippen LogP) is 2.34. The molecule has 2 rings (SSSR count). The van der Waals surface area contributed by atoms with Gasteiger partial charge in [-0.25, -0.2) is 0 Å². The Kier molecular flexibility index (Phi) is 3.27. The maximum Gasteiger partial charge on any atom is 0.119 e. The van der Waals surface area contributed by atoms with Crippen LogP contribution < -0.4 is 10.5 Å². The van der Waals surface area contributed by atoms with E-state index in [0.29, 0.717) is 6.54 Å².